The molecule has 0 fully saturated rings. The number of ether oxygens (including phenoxy) is 1. The van der Waals surface area contributed by atoms with Gasteiger partial charge in [0.2, 0.25) is 0 Å². The van der Waals surface area contributed by atoms with Gasteiger partial charge in [-0.1, -0.05) is 0 Å². The summed E-state index contributed by atoms with van der Waals surface area (Å²) in [5, 5.41) is 13.8. The first kappa shape index (κ1) is 11.5. The van der Waals surface area contributed by atoms with E-state index in [0.29, 0.717) is 0 Å². The minimum Gasteiger partial charge on any atom is -0.508 e. The number of nitrogens with zero attached hydrogens (tertiary/aromatic N) is 2. The van der Waals surface area contributed by atoms with Crippen molar-refractivity contribution in [2.75, 3.05) is 7.11 Å². The van der Waals surface area contributed by atoms with Crippen molar-refractivity contribution in [1.82, 2.24) is 9.78 Å². The second-order valence-corrected chi connectivity index (χ2v) is 4.17. The summed E-state index contributed by atoms with van der Waals surface area (Å²) in [6.07, 6.45) is 1.88. The molecule has 4 heteroatoms. The molecular formula is C13H16N2O2. The normalized spacial score (nSPS) is 10.8. The number of phenolic OH excluding ortho intramolecular Hbond substituents is 1. The van der Waals surface area contributed by atoms with Crippen LogP contribution >= 0.6 is 0 Å². The maximum Gasteiger partial charge on any atom is 0.164 e. The molecule has 17 heavy (non-hydrogen) atoms. The first-order chi connectivity index (χ1) is 8.11. The largest absolute Gasteiger partial charge is 0.508 e. The molecule has 0 radical (unpaired) electrons. The monoisotopic (exact) mass is 232 g/mol. The summed E-state index contributed by atoms with van der Waals surface area (Å²) in [5.41, 5.74) is 1.72. The molecule has 2 aromatic rings. The van der Waals surface area contributed by atoms with E-state index >= 15 is 0 Å². The summed E-state index contributed by atoms with van der Waals surface area (Å²) in [5.74, 6) is 0.986. The first-order valence-electron chi connectivity index (χ1n) is 5.54. The highest BCUT2D eigenvalue weighted by Crippen LogP contribution is 2.30. The van der Waals surface area contributed by atoms with Gasteiger partial charge in [0.25, 0.3) is 0 Å². The molecule has 1 heterocycles. The smallest absolute Gasteiger partial charge is 0.164 e. The zero-order chi connectivity index (χ0) is 12.4. The quantitative estimate of drug-likeness (QED) is 0.885. The summed E-state index contributed by atoms with van der Waals surface area (Å²) in [4.78, 5) is 0. The Hall–Kier alpha value is -1.97. The van der Waals surface area contributed by atoms with Gasteiger partial charge in [-0.15, -0.1) is 0 Å². The number of phenols is 1. The Bertz CT molecular complexity index is 501. The van der Waals surface area contributed by atoms with Crippen molar-refractivity contribution in [2.24, 2.45) is 0 Å². The molecule has 1 aromatic heterocycles. The van der Waals surface area contributed by atoms with Crippen LogP contribution in [0.5, 0.6) is 11.5 Å². The zero-order valence-corrected chi connectivity index (χ0v) is 10.2. The van der Waals surface area contributed by atoms with Crippen molar-refractivity contribution in [3.05, 3.63) is 30.5 Å². The van der Waals surface area contributed by atoms with E-state index in [-0.39, 0.29) is 11.8 Å². The standard InChI is InChI=1S/C13H16N2O2/c1-9(2)15-8-12(17-3)13(14-15)10-4-6-11(16)7-5-10/h4-9,16H,1-3H3. The fraction of sp³-hybridized carbons (Fsp3) is 0.308. The lowest BCUT2D eigenvalue weighted by Gasteiger charge is -2.03. The van der Waals surface area contributed by atoms with Crippen molar-refractivity contribution < 1.29 is 9.84 Å². The van der Waals surface area contributed by atoms with Gasteiger partial charge >= 0.3 is 0 Å². The Labute approximate surface area is 100 Å². The average molecular weight is 232 g/mol. The number of benzene rings is 1. The van der Waals surface area contributed by atoms with E-state index in [0.717, 1.165) is 17.0 Å². The van der Waals surface area contributed by atoms with Crippen molar-refractivity contribution >= 4 is 0 Å². The van der Waals surface area contributed by atoms with Gasteiger partial charge in [-0.25, -0.2) is 0 Å². The summed E-state index contributed by atoms with van der Waals surface area (Å²) < 4.78 is 7.18. The van der Waals surface area contributed by atoms with Gasteiger partial charge in [-0.3, -0.25) is 4.68 Å². The van der Waals surface area contributed by atoms with Gasteiger partial charge in [0.1, 0.15) is 11.4 Å². The van der Waals surface area contributed by atoms with E-state index < -0.39 is 0 Å². The third kappa shape index (κ3) is 2.25. The van der Waals surface area contributed by atoms with Crippen LogP contribution in [0.1, 0.15) is 19.9 Å². The Morgan fingerprint density at radius 3 is 2.41 bits per heavy atom. The Kier molecular flexibility index (Phi) is 3.04. The highest BCUT2D eigenvalue weighted by atomic mass is 16.5. The van der Waals surface area contributed by atoms with Gasteiger partial charge < -0.3 is 9.84 Å². The SMILES string of the molecule is COc1cn(C(C)C)nc1-c1ccc(O)cc1. The molecule has 0 atom stereocenters. The number of rotatable bonds is 3. The second kappa shape index (κ2) is 4.49. The molecule has 0 bridgehead atoms. The van der Waals surface area contributed by atoms with Crippen LogP contribution in [-0.2, 0) is 0 Å². The maximum absolute atomic E-state index is 9.27. The Morgan fingerprint density at radius 1 is 1.24 bits per heavy atom. The molecule has 1 N–H and O–H groups in total. The summed E-state index contributed by atoms with van der Waals surface area (Å²) in [6, 6.07) is 7.22. The summed E-state index contributed by atoms with van der Waals surface area (Å²) in [7, 11) is 1.63. The van der Waals surface area contributed by atoms with E-state index in [9.17, 15) is 5.11 Å². The molecule has 0 aliphatic heterocycles. The fourth-order valence-corrected chi connectivity index (χ4v) is 1.61. The Morgan fingerprint density at radius 2 is 1.88 bits per heavy atom. The van der Waals surface area contributed by atoms with Gasteiger partial charge in [-0.05, 0) is 38.1 Å². The zero-order valence-electron chi connectivity index (χ0n) is 10.2. The first-order valence-corrected chi connectivity index (χ1v) is 5.54. The van der Waals surface area contributed by atoms with E-state index in [1.54, 1.807) is 19.2 Å². The van der Waals surface area contributed by atoms with Crippen molar-refractivity contribution in [1.29, 1.82) is 0 Å². The molecule has 4 nitrogen and oxygen atoms in total. The molecule has 0 saturated heterocycles. The summed E-state index contributed by atoms with van der Waals surface area (Å²) in [6.45, 7) is 4.13. The predicted molar refractivity (Wildman–Crippen MR) is 66.3 cm³/mol. The number of methoxy groups -OCH3 is 1. The van der Waals surface area contributed by atoms with Gasteiger partial charge in [0.15, 0.2) is 5.75 Å². The molecule has 0 aliphatic rings. The van der Waals surface area contributed by atoms with Crippen LogP contribution in [0.4, 0.5) is 0 Å². The molecular weight excluding hydrogens is 216 g/mol. The molecule has 1 aromatic carbocycles. The van der Waals surface area contributed by atoms with Crippen molar-refractivity contribution in [2.45, 2.75) is 19.9 Å². The van der Waals surface area contributed by atoms with Crippen LogP contribution in [0, 0.1) is 0 Å². The van der Waals surface area contributed by atoms with Crippen molar-refractivity contribution in [3.8, 4) is 22.8 Å². The van der Waals surface area contributed by atoms with Gasteiger partial charge in [-0.2, -0.15) is 5.10 Å². The number of aromatic nitrogens is 2. The third-order valence-electron chi connectivity index (χ3n) is 2.59. The van der Waals surface area contributed by atoms with E-state index in [1.165, 1.54) is 0 Å². The highest BCUT2D eigenvalue weighted by Gasteiger charge is 2.12. The van der Waals surface area contributed by atoms with Crippen LogP contribution < -0.4 is 4.74 Å². The van der Waals surface area contributed by atoms with Crippen LogP contribution in [0.3, 0.4) is 0 Å². The highest BCUT2D eigenvalue weighted by molar-refractivity contribution is 5.66. The fourth-order valence-electron chi connectivity index (χ4n) is 1.61. The maximum atomic E-state index is 9.27. The van der Waals surface area contributed by atoms with Gasteiger partial charge in [0, 0.05) is 11.6 Å². The number of hydrogen-bond donors (Lipinski definition) is 1. The lowest BCUT2D eigenvalue weighted by Crippen LogP contribution is -2.00. The van der Waals surface area contributed by atoms with Crippen LogP contribution in [0.15, 0.2) is 30.5 Å². The lowest BCUT2D eigenvalue weighted by molar-refractivity contribution is 0.414. The topological polar surface area (TPSA) is 47.3 Å². The summed E-state index contributed by atoms with van der Waals surface area (Å²) >= 11 is 0. The molecule has 2 rings (SSSR count). The average Bonchev–Trinajstić information content (AvgIpc) is 2.74. The van der Waals surface area contributed by atoms with Gasteiger partial charge in [0.05, 0.1) is 13.3 Å². The molecule has 90 valence electrons. The molecule has 0 unspecified atom stereocenters. The van der Waals surface area contributed by atoms with E-state index in [2.05, 4.69) is 18.9 Å². The minimum absolute atomic E-state index is 0.246. The Balaban J connectivity index is 2.46. The molecule has 0 aliphatic carbocycles. The number of hydrogen-bond acceptors (Lipinski definition) is 3. The van der Waals surface area contributed by atoms with Crippen LogP contribution in [0.2, 0.25) is 0 Å². The molecule has 0 spiro atoms. The number of aromatic hydroxyl groups is 1. The minimum atomic E-state index is 0.246. The molecule has 0 saturated carbocycles. The van der Waals surface area contributed by atoms with Crippen LogP contribution in [-0.4, -0.2) is 22.0 Å². The third-order valence-corrected chi connectivity index (χ3v) is 2.59. The lowest BCUT2D eigenvalue weighted by atomic mass is 10.1. The second-order valence-electron chi connectivity index (χ2n) is 4.17. The van der Waals surface area contributed by atoms with E-state index in [4.69, 9.17) is 4.74 Å². The van der Waals surface area contributed by atoms with Crippen LogP contribution in [0.25, 0.3) is 11.3 Å². The predicted octanol–water partition coefficient (Wildman–Crippen LogP) is 2.85. The molecule has 0 amide bonds. The van der Waals surface area contributed by atoms with Crippen molar-refractivity contribution in [3.63, 3.8) is 0 Å². The van der Waals surface area contributed by atoms with E-state index in [1.807, 2.05) is 23.0 Å².